The highest BCUT2D eigenvalue weighted by molar-refractivity contribution is 7.88. The SMILES string of the molecule is NC1=N[S+]([O-])NC\C=C/C=C(/C=C\[C@H]2CCCN(C(=O)Cc3cccnc3)C2)C1. The van der Waals surface area contributed by atoms with Gasteiger partial charge in [-0.2, -0.15) is 0 Å². The third kappa shape index (κ3) is 7.16. The Balaban J connectivity index is 1.60. The van der Waals surface area contributed by atoms with Crippen molar-refractivity contribution in [1.82, 2.24) is 14.6 Å². The Labute approximate surface area is 174 Å². The summed E-state index contributed by atoms with van der Waals surface area (Å²) in [5, 5.41) is 0. The summed E-state index contributed by atoms with van der Waals surface area (Å²) < 4.78 is 18.4. The largest absolute Gasteiger partial charge is 0.572 e. The molecule has 0 bridgehead atoms. The van der Waals surface area contributed by atoms with E-state index < -0.39 is 11.5 Å². The molecule has 0 spiro atoms. The molecule has 1 fully saturated rings. The van der Waals surface area contributed by atoms with Gasteiger partial charge in [-0.1, -0.05) is 36.4 Å². The summed E-state index contributed by atoms with van der Waals surface area (Å²) in [4.78, 5) is 18.7. The van der Waals surface area contributed by atoms with Gasteiger partial charge >= 0.3 is 0 Å². The van der Waals surface area contributed by atoms with E-state index in [2.05, 4.69) is 20.2 Å². The van der Waals surface area contributed by atoms with E-state index in [1.165, 1.54) is 0 Å². The van der Waals surface area contributed by atoms with Gasteiger partial charge in [0.1, 0.15) is 0 Å². The molecule has 1 amide bonds. The molecule has 2 aliphatic heterocycles. The van der Waals surface area contributed by atoms with Crippen LogP contribution in [0.25, 0.3) is 0 Å². The number of pyridine rings is 1. The van der Waals surface area contributed by atoms with Crippen LogP contribution in [0.1, 0.15) is 24.8 Å². The number of amides is 1. The summed E-state index contributed by atoms with van der Waals surface area (Å²) in [5.74, 6) is 0.776. The molecule has 0 aliphatic carbocycles. The van der Waals surface area contributed by atoms with Crippen molar-refractivity contribution in [3.63, 3.8) is 0 Å². The predicted octanol–water partition coefficient (Wildman–Crippen LogP) is 1.83. The van der Waals surface area contributed by atoms with E-state index in [4.69, 9.17) is 5.73 Å². The second-order valence-corrected chi connectivity index (χ2v) is 8.14. The van der Waals surface area contributed by atoms with E-state index in [-0.39, 0.29) is 5.91 Å². The molecule has 8 heteroatoms. The zero-order valence-corrected chi connectivity index (χ0v) is 17.2. The molecule has 154 valence electrons. The van der Waals surface area contributed by atoms with E-state index >= 15 is 0 Å². The van der Waals surface area contributed by atoms with Crippen molar-refractivity contribution in [2.75, 3.05) is 19.6 Å². The summed E-state index contributed by atoms with van der Waals surface area (Å²) in [6.07, 6.45) is 16.3. The Kier molecular flexibility index (Phi) is 8.03. The molecule has 1 aromatic heterocycles. The first kappa shape index (κ1) is 21.3. The predicted molar refractivity (Wildman–Crippen MR) is 116 cm³/mol. The number of aromatic nitrogens is 1. The molecule has 3 rings (SSSR count). The van der Waals surface area contributed by atoms with Crippen LogP contribution in [0.15, 0.2) is 64.9 Å². The summed E-state index contributed by atoms with van der Waals surface area (Å²) >= 11 is -1.51. The van der Waals surface area contributed by atoms with Crippen LogP contribution in [-0.4, -0.2) is 45.8 Å². The van der Waals surface area contributed by atoms with E-state index in [1.807, 2.05) is 41.3 Å². The number of nitrogens with one attached hydrogen (secondary N) is 1. The maximum absolute atomic E-state index is 12.6. The fourth-order valence-electron chi connectivity index (χ4n) is 3.38. The van der Waals surface area contributed by atoms with Crippen molar-refractivity contribution in [1.29, 1.82) is 0 Å². The van der Waals surface area contributed by atoms with E-state index in [9.17, 15) is 9.35 Å². The van der Waals surface area contributed by atoms with Gasteiger partial charge in [-0.3, -0.25) is 9.78 Å². The van der Waals surface area contributed by atoms with Crippen LogP contribution in [0.5, 0.6) is 0 Å². The van der Waals surface area contributed by atoms with Gasteiger partial charge in [0.25, 0.3) is 0 Å². The Morgan fingerprint density at radius 1 is 1.48 bits per heavy atom. The Bertz CT molecular complexity index is 807. The number of carbonyl (C=O) groups is 1. The van der Waals surface area contributed by atoms with Crippen LogP contribution in [0.3, 0.4) is 0 Å². The molecular formula is C21H27N5O2S. The first-order valence-electron chi connectivity index (χ1n) is 9.79. The fourth-order valence-corrected chi connectivity index (χ4v) is 3.96. The molecule has 0 saturated carbocycles. The smallest absolute Gasteiger partial charge is 0.227 e. The molecule has 0 radical (unpaired) electrons. The number of nitrogens with two attached hydrogens (primary N) is 1. The van der Waals surface area contributed by atoms with Crippen LogP contribution >= 0.6 is 0 Å². The summed E-state index contributed by atoms with van der Waals surface area (Å²) in [5.41, 5.74) is 7.85. The van der Waals surface area contributed by atoms with Crippen LogP contribution in [-0.2, 0) is 22.8 Å². The van der Waals surface area contributed by atoms with Gasteiger partial charge in [0.05, 0.1) is 13.0 Å². The Hall–Kier alpha value is -2.42. The second kappa shape index (κ2) is 10.9. The lowest BCUT2D eigenvalue weighted by molar-refractivity contribution is -0.131. The van der Waals surface area contributed by atoms with Crippen molar-refractivity contribution in [2.24, 2.45) is 16.0 Å². The van der Waals surface area contributed by atoms with Crippen LogP contribution in [0, 0.1) is 5.92 Å². The van der Waals surface area contributed by atoms with Gasteiger partial charge in [-0.25, -0.2) is 0 Å². The number of carbonyl (C=O) groups excluding carboxylic acids is 1. The number of nitrogens with zero attached hydrogens (tertiary/aromatic N) is 3. The van der Waals surface area contributed by atoms with Crippen LogP contribution < -0.4 is 10.5 Å². The minimum Gasteiger partial charge on any atom is -0.572 e. The maximum Gasteiger partial charge on any atom is 0.227 e. The minimum absolute atomic E-state index is 0.142. The van der Waals surface area contributed by atoms with E-state index in [0.29, 0.717) is 31.1 Å². The van der Waals surface area contributed by atoms with Crippen molar-refractivity contribution >= 4 is 23.3 Å². The van der Waals surface area contributed by atoms with Gasteiger partial charge in [0.15, 0.2) is 17.4 Å². The van der Waals surface area contributed by atoms with Gasteiger partial charge < -0.3 is 15.2 Å². The zero-order valence-electron chi connectivity index (χ0n) is 16.4. The minimum atomic E-state index is -1.51. The van der Waals surface area contributed by atoms with Gasteiger partial charge in [0, 0.05) is 31.9 Å². The first-order valence-corrected chi connectivity index (χ1v) is 10.9. The molecule has 0 aromatic carbocycles. The number of rotatable bonds is 4. The molecule has 7 nitrogen and oxygen atoms in total. The molecular weight excluding hydrogens is 386 g/mol. The number of amidine groups is 1. The number of likely N-dealkylation sites (tertiary alicyclic amines) is 1. The number of hydrogen-bond acceptors (Lipinski definition) is 6. The lowest BCUT2D eigenvalue weighted by atomic mass is 9.95. The third-order valence-electron chi connectivity index (χ3n) is 4.83. The molecule has 3 heterocycles. The Morgan fingerprint density at radius 3 is 3.21 bits per heavy atom. The first-order chi connectivity index (χ1) is 14.1. The van der Waals surface area contributed by atoms with Crippen LogP contribution in [0.2, 0.25) is 0 Å². The molecule has 1 aromatic rings. The highest BCUT2D eigenvalue weighted by atomic mass is 32.2. The van der Waals surface area contributed by atoms with Crippen molar-refractivity contribution in [3.05, 3.63) is 66.0 Å². The average molecular weight is 414 g/mol. The third-order valence-corrected chi connectivity index (χ3v) is 5.64. The molecule has 29 heavy (non-hydrogen) atoms. The maximum atomic E-state index is 12.6. The molecule has 1 unspecified atom stereocenters. The standard InChI is InChI=1S/C21H27N5O2S/c22-20-13-17(5-1-2-11-24-29(28)25-20)8-9-18-7-4-12-26(16-18)21(27)14-19-6-3-10-23-15-19/h1-3,5-6,8-10,15,18,24H,4,7,11-14,16H2,(H2,22,25)/b2-1-,9-8-,17-5-/t18-,29?/m1/s1. The zero-order chi connectivity index (χ0) is 20.5. The molecule has 2 aliphatic rings. The average Bonchev–Trinajstić information content (AvgIpc) is 2.72. The normalized spacial score (nSPS) is 26.4. The van der Waals surface area contributed by atoms with E-state index in [1.54, 1.807) is 12.4 Å². The lowest BCUT2D eigenvalue weighted by Gasteiger charge is -2.31. The highest BCUT2D eigenvalue weighted by Gasteiger charge is 2.22. The van der Waals surface area contributed by atoms with Crippen molar-refractivity contribution < 1.29 is 9.35 Å². The Morgan fingerprint density at radius 2 is 2.38 bits per heavy atom. The van der Waals surface area contributed by atoms with Crippen LogP contribution in [0.4, 0.5) is 0 Å². The van der Waals surface area contributed by atoms with Gasteiger partial charge in [0.2, 0.25) is 5.91 Å². The molecule has 2 atom stereocenters. The quantitative estimate of drug-likeness (QED) is 0.733. The van der Waals surface area contributed by atoms with Crippen molar-refractivity contribution in [3.8, 4) is 0 Å². The number of piperidine rings is 1. The number of allylic oxidation sites excluding steroid dienone is 3. The monoisotopic (exact) mass is 413 g/mol. The second-order valence-electron chi connectivity index (χ2n) is 7.17. The van der Waals surface area contributed by atoms with Crippen molar-refractivity contribution in [2.45, 2.75) is 25.7 Å². The summed E-state index contributed by atoms with van der Waals surface area (Å²) in [6, 6.07) is 3.78. The highest BCUT2D eigenvalue weighted by Crippen LogP contribution is 2.20. The van der Waals surface area contributed by atoms with E-state index in [0.717, 1.165) is 37.1 Å². The summed E-state index contributed by atoms with van der Waals surface area (Å²) in [6.45, 7) is 1.98. The van der Waals surface area contributed by atoms with Gasteiger partial charge in [-0.15, -0.1) is 4.72 Å². The fraction of sp³-hybridized carbons (Fsp3) is 0.381. The summed E-state index contributed by atoms with van der Waals surface area (Å²) in [7, 11) is 0. The lowest BCUT2D eigenvalue weighted by Crippen LogP contribution is -2.40. The molecule has 1 saturated heterocycles. The topological polar surface area (TPSA) is 107 Å². The molecule has 3 N–H and O–H groups in total. The number of hydrogen-bond donors (Lipinski definition) is 2. The van der Waals surface area contributed by atoms with Gasteiger partial charge in [-0.05, 0) is 40.4 Å².